The van der Waals surface area contributed by atoms with Gasteiger partial charge in [-0.15, -0.1) is 0 Å². The summed E-state index contributed by atoms with van der Waals surface area (Å²) in [4.78, 5) is 25.2. The number of carbonyl (C=O) groups is 2. The lowest BCUT2D eigenvalue weighted by Crippen LogP contribution is -2.51. The molecule has 0 saturated heterocycles. The highest BCUT2D eigenvalue weighted by Gasteiger charge is 2.26. The first kappa shape index (κ1) is 23.0. The van der Waals surface area contributed by atoms with Crippen molar-refractivity contribution in [2.75, 3.05) is 33.9 Å². The molecular formula is C16H29BrN2O5. The van der Waals surface area contributed by atoms with Crippen LogP contribution >= 0.6 is 15.9 Å². The standard InChI is InChI=1S/C15H25BrN2O4.CH4O/c1-15(2,3)22-14(20)17-12(9-19)8-18-7-11(16)5-6-13(18)10-21-4;1-2/h5,9,12-13H,6-8,10H2,1-4H3,(H,17,20);2H,1H3. The third kappa shape index (κ3) is 9.36. The lowest BCUT2D eigenvalue weighted by Gasteiger charge is -2.35. The van der Waals surface area contributed by atoms with Crippen molar-refractivity contribution in [2.45, 2.75) is 44.9 Å². The number of aliphatic hydroxyl groups excluding tert-OH is 1. The molecule has 1 aliphatic heterocycles. The Kier molecular flexibility index (Phi) is 11.1. The molecule has 1 heterocycles. The third-order valence-corrected chi connectivity index (χ3v) is 3.71. The number of hydrogen-bond donors (Lipinski definition) is 2. The molecule has 0 spiro atoms. The van der Waals surface area contributed by atoms with Crippen LogP contribution in [0.15, 0.2) is 10.6 Å². The van der Waals surface area contributed by atoms with Gasteiger partial charge in [0, 0.05) is 37.8 Å². The topological polar surface area (TPSA) is 88.1 Å². The third-order valence-electron chi connectivity index (χ3n) is 3.14. The number of nitrogens with one attached hydrogen (secondary N) is 1. The quantitative estimate of drug-likeness (QED) is 0.650. The molecule has 0 aliphatic carbocycles. The van der Waals surface area contributed by atoms with Crippen molar-refractivity contribution in [3.05, 3.63) is 10.6 Å². The number of aldehydes is 1. The summed E-state index contributed by atoms with van der Waals surface area (Å²) in [6.45, 7) is 7.03. The molecule has 2 unspecified atom stereocenters. The highest BCUT2D eigenvalue weighted by Crippen LogP contribution is 2.20. The fourth-order valence-corrected chi connectivity index (χ4v) is 2.72. The molecule has 24 heavy (non-hydrogen) atoms. The van der Waals surface area contributed by atoms with Crippen LogP contribution in [-0.4, -0.2) is 74.0 Å². The van der Waals surface area contributed by atoms with Crippen LogP contribution in [0.25, 0.3) is 0 Å². The first-order valence-electron chi connectivity index (χ1n) is 7.72. The van der Waals surface area contributed by atoms with Crippen molar-refractivity contribution in [3.8, 4) is 0 Å². The van der Waals surface area contributed by atoms with E-state index in [-0.39, 0.29) is 6.04 Å². The molecule has 1 amide bonds. The predicted molar refractivity (Wildman–Crippen MR) is 96.2 cm³/mol. The van der Waals surface area contributed by atoms with Crippen LogP contribution in [0.5, 0.6) is 0 Å². The van der Waals surface area contributed by atoms with E-state index in [2.05, 4.69) is 32.2 Å². The second kappa shape index (κ2) is 11.6. The van der Waals surface area contributed by atoms with Gasteiger partial charge in [-0.1, -0.05) is 22.0 Å². The van der Waals surface area contributed by atoms with E-state index in [0.29, 0.717) is 19.7 Å². The highest BCUT2D eigenvalue weighted by atomic mass is 79.9. The normalized spacial score (nSPS) is 19.5. The average molecular weight is 409 g/mol. The van der Waals surface area contributed by atoms with Crippen LogP contribution < -0.4 is 5.32 Å². The van der Waals surface area contributed by atoms with Crippen LogP contribution in [0.1, 0.15) is 27.2 Å². The van der Waals surface area contributed by atoms with Gasteiger partial charge in [0.1, 0.15) is 17.9 Å². The summed E-state index contributed by atoms with van der Waals surface area (Å²) in [5, 5.41) is 9.60. The molecule has 140 valence electrons. The van der Waals surface area contributed by atoms with E-state index < -0.39 is 17.7 Å². The zero-order valence-corrected chi connectivity index (χ0v) is 16.6. The number of halogens is 1. The van der Waals surface area contributed by atoms with Crippen molar-refractivity contribution in [1.82, 2.24) is 10.2 Å². The Morgan fingerprint density at radius 1 is 1.54 bits per heavy atom. The van der Waals surface area contributed by atoms with E-state index in [0.717, 1.165) is 24.3 Å². The number of hydrogen-bond acceptors (Lipinski definition) is 6. The summed E-state index contributed by atoms with van der Waals surface area (Å²) in [6.07, 6.45) is 3.10. The van der Waals surface area contributed by atoms with Crippen LogP contribution in [0.4, 0.5) is 4.79 Å². The minimum absolute atomic E-state index is 0.189. The number of carbonyl (C=O) groups excluding carboxylic acids is 2. The maximum absolute atomic E-state index is 11.8. The van der Waals surface area contributed by atoms with Gasteiger partial charge in [-0.25, -0.2) is 4.79 Å². The molecule has 0 fully saturated rings. The molecular weight excluding hydrogens is 380 g/mol. The molecule has 2 N–H and O–H groups in total. The molecule has 1 aliphatic rings. The van der Waals surface area contributed by atoms with E-state index in [1.54, 1.807) is 27.9 Å². The summed E-state index contributed by atoms with van der Waals surface area (Å²) >= 11 is 3.49. The predicted octanol–water partition coefficient (Wildman–Crippen LogP) is 1.69. The summed E-state index contributed by atoms with van der Waals surface area (Å²) < 4.78 is 11.5. The molecule has 0 aromatic heterocycles. The van der Waals surface area contributed by atoms with Crippen molar-refractivity contribution >= 4 is 28.3 Å². The highest BCUT2D eigenvalue weighted by molar-refractivity contribution is 9.11. The minimum atomic E-state index is -0.618. The molecule has 0 radical (unpaired) electrons. The van der Waals surface area contributed by atoms with Crippen LogP contribution in [0, 0.1) is 0 Å². The van der Waals surface area contributed by atoms with Gasteiger partial charge in [-0.2, -0.15) is 0 Å². The molecule has 2 atom stereocenters. The number of alkyl carbamates (subject to hydrolysis) is 1. The van der Waals surface area contributed by atoms with E-state index in [9.17, 15) is 9.59 Å². The molecule has 0 bridgehead atoms. The number of amides is 1. The van der Waals surface area contributed by atoms with E-state index in [1.807, 2.05) is 0 Å². The van der Waals surface area contributed by atoms with Crippen LogP contribution in [-0.2, 0) is 14.3 Å². The summed E-state index contributed by atoms with van der Waals surface area (Å²) in [6, 6.07) is -0.429. The zero-order valence-electron chi connectivity index (χ0n) is 15.0. The fraction of sp³-hybridized carbons (Fsp3) is 0.750. The Hall–Kier alpha value is -0.960. The molecule has 0 aromatic rings. The number of nitrogens with zero attached hydrogens (tertiary/aromatic N) is 1. The van der Waals surface area contributed by atoms with Crippen molar-refractivity contribution in [3.63, 3.8) is 0 Å². The molecule has 0 aromatic carbocycles. The Morgan fingerprint density at radius 2 is 2.17 bits per heavy atom. The van der Waals surface area contributed by atoms with E-state index in [1.165, 1.54) is 0 Å². The van der Waals surface area contributed by atoms with Crippen molar-refractivity contribution < 1.29 is 24.2 Å². The maximum atomic E-state index is 11.8. The molecule has 7 nitrogen and oxygen atoms in total. The van der Waals surface area contributed by atoms with Crippen LogP contribution in [0.2, 0.25) is 0 Å². The SMILES string of the molecule is CO.COCC1CC=C(Br)CN1CC(C=O)NC(=O)OC(C)(C)C. The smallest absolute Gasteiger partial charge is 0.408 e. The number of aliphatic hydroxyl groups is 1. The summed E-state index contributed by atoms with van der Waals surface area (Å²) in [7, 11) is 2.65. The Balaban J connectivity index is 0.00000254. The van der Waals surface area contributed by atoms with Gasteiger partial charge in [-0.3, -0.25) is 4.90 Å². The van der Waals surface area contributed by atoms with Crippen molar-refractivity contribution in [2.24, 2.45) is 0 Å². The monoisotopic (exact) mass is 408 g/mol. The lowest BCUT2D eigenvalue weighted by atomic mass is 10.1. The van der Waals surface area contributed by atoms with Gasteiger partial charge >= 0.3 is 6.09 Å². The average Bonchev–Trinajstić information content (AvgIpc) is 2.49. The summed E-state index contributed by atoms with van der Waals surface area (Å²) in [5.74, 6) is 0. The minimum Gasteiger partial charge on any atom is -0.444 e. The Bertz CT molecular complexity index is 423. The maximum Gasteiger partial charge on any atom is 0.408 e. The van der Waals surface area contributed by atoms with Gasteiger partial charge in [0.2, 0.25) is 0 Å². The molecule has 0 saturated carbocycles. The second-order valence-corrected chi connectivity index (χ2v) is 7.33. The van der Waals surface area contributed by atoms with Crippen molar-refractivity contribution in [1.29, 1.82) is 0 Å². The first-order valence-corrected chi connectivity index (χ1v) is 8.51. The number of methoxy groups -OCH3 is 1. The van der Waals surface area contributed by atoms with E-state index >= 15 is 0 Å². The Labute approximate surface area is 152 Å². The van der Waals surface area contributed by atoms with Gasteiger partial charge in [0.25, 0.3) is 0 Å². The first-order chi connectivity index (χ1) is 11.2. The van der Waals surface area contributed by atoms with E-state index in [4.69, 9.17) is 14.6 Å². The zero-order chi connectivity index (χ0) is 18.8. The van der Waals surface area contributed by atoms with Gasteiger partial charge in [-0.05, 0) is 27.2 Å². The van der Waals surface area contributed by atoms with Gasteiger partial charge in [0.15, 0.2) is 0 Å². The molecule has 1 rings (SSSR count). The lowest BCUT2D eigenvalue weighted by molar-refractivity contribution is -0.110. The number of ether oxygens (including phenoxy) is 2. The summed E-state index contributed by atoms with van der Waals surface area (Å²) in [5.41, 5.74) is -0.590. The molecule has 8 heteroatoms. The largest absolute Gasteiger partial charge is 0.444 e. The van der Waals surface area contributed by atoms with Gasteiger partial charge < -0.3 is 24.7 Å². The fourth-order valence-electron chi connectivity index (χ4n) is 2.21. The number of rotatable bonds is 6. The van der Waals surface area contributed by atoms with Crippen LogP contribution in [0.3, 0.4) is 0 Å². The second-order valence-electron chi connectivity index (χ2n) is 6.31. The Morgan fingerprint density at radius 3 is 2.67 bits per heavy atom. The van der Waals surface area contributed by atoms with Gasteiger partial charge in [0.05, 0.1) is 6.61 Å².